The predicted octanol–water partition coefficient (Wildman–Crippen LogP) is -0.188. The molecule has 5 nitrogen and oxygen atoms in total. The Kier molecular flexibility index (Phi) is 1.29. The normalized spacial score (nSPS) is 10.6. The summed E-state index contributed by atoms with van der Waals surface area (Å²) in [5.74, 6) is 0. The van der Waals surface area contributed by atoms with Crippen LogP contribution >= 0.6 is 0 Å². The molecule has 0 fully saturated rings. The van der Waals surface area contributed by atoms with Crippen LogP contribution in [-0.2, 0) is 6.54 Å². The third-order valence-corrected chi connectivity index (χ3v) is 1.45. The Labute approximate surface area is 62.6 Å². The second-order valence-corrected chi connectivity index (χ2v) is 2.17. The summed E-state index contributed by atoms with van der Waals surface area (Å²) < 4.78 is 0. The topological polar surface area (TPSA) is 80.5 Å². The van der Waals surface area contributed by atoms with E-state index in [1.54, 1.807) is 0 Å². The summed E-state index contributed by atoms with van der Waals surface area (Å²) in [6.45, 7) is 0.433. The molecule has 3 N–H and O–H groups in total. The molecule has 0 saturated carbocycles. The Balaban J connectivity index is 2.67. The number of nitrogens with zero attached hydrogens (tertiary/aromatic N) is 3. The Morgan fingerprint density at radius 3 is 3.09 bits per heavy atom. The fourth-order valence-electron chi connectivity index (χ4n) is 0.890. The number of aromatic nitrogens is 4. The Hall–Kier alpha value is -1.49. The quantitative estimate of drug-likeness (QED) is 0.589. The molecule has 0 aliphatic carbocycles. The summed E-state index contributed by atoms with van der Waals surface area (Å²) in [4.78, 5) is 4.12. The monoisotopic (exact) mass is 149 g/mol. The van der Waals surface area contributed by atoms with Gasteiger partial charge >= 0.3 is 0 Å². The zero-order chi connectivity index (χ0) is 7.68. The molecule has 2 rings (SSSR count). The van der Waals surface area contributed by atoms with Crippen molar-refractivity contribution in [3.8, 4) is 0 Å². The summed E-state index contributed by atoms with van der Waals surface area (Å²) in [6, 6.07) is 3.68. The molecule has 2 aromatic heterocycles. The zero-order valence-electron chi connectivity index (χ0n) is 5.78. The number of rotatable bonds is 1. The summed E-state index contributed by atoms with van der Waals surface area (Å²) >= 11 is 0. The first-order chi connectivity index (χ1) is 5.40. The maximum atomic E-state index is 5.39. The standard InChI is InChI=1S/C6H7N5/c7-3-4-1-2-5-6(8-4)10-11-9-5/h1-2H,3,7H2,(H,8,9,10,11). The molecular weight excluding hydrogens is 142 g/mol. The van der Waals surface area contributed by atoms with Gasteiger partial charge < -0.3 is 5.73 Å². The molecule has 0 atom stereocenters. The molecule has 2 heterocycles. The van der Waals surface area contributed by atoms with Crippen molar-refractivity contribution in [1.82, 2.24) is 20.4 Å². The lowest BCUT2D eigenvalue weighted by molar-refractivity contribution is 0.947. The van der Waals surface area contributed by atoms with Crippen molar-refractivity contribution in [3.63, 3.8) is 0 Å². The van der Waals surface area contributed by atoms with Gasteiger partial charge in [0.2, 0.25) is 5.65 Å². The highest BCUT2D eigenvalue weighted by Gasteiger charge is 1.98. The van der Waals surface area contributed by atoms with Gasteiger partial charge in [-0.1, -0.05) is 0 Å². The van der Waals surface area contributed by atoms with Crippen molar-refractivity contribution in [2.75, 3.05) is 0 Å². The van der Waals surface area contributed by atoms with E-state index in [1.165, 1.54) is 0 Å². The van der Waals surface area contributed by atoms with E-state index in [0.717, 1.165) is 11.2 Å². The molecule has 0 unspecified atom stereocenters. The summed E-state index contributed by atoms with van der Waals surface area (Å²) in [5, 5.41) is 10.2. The van der Waals surface area contributed by atoms with Crippen LogP contribution < -0.4 is 5.73 Å². The van der Waals surface area contributed by atoms with Gasteiger partial charge in [0.25, 0.3) is 0 Å². The maximum Gasteiger partial charge on any atom is 0.201 e. The van der Waals surface area contributed by atoms with Gasteiger partial charge in [0.15, 0.2) is 0 Å². The van der Waals surface area contributed by atoms with Crippen LogP contribution in [0.4, 0.5) is 0 Å². The van der Waals surface area contributed by atoms with Crippen molar-refractivity contribution in [2.45, 2.75) is 6.54 Å². The lowest BCUT2D eigenvalue weighted by atomic mass is 10.3. The minimum absolute atomic E-state index is 0.433. The number of aromatic amines is 1. The highest BCUT2D eigenvalue weighted by atomic mass is 15.3. The van der Waals surface area contributed by atoms with E-state index in [4.69, 9.17) is 5.73 Å². The SMILES string of the molecule is NCc1ccc2n[nH]nc2n1. The zero-order valence-corrected chi connectivity index (χ0v) is 5.78. The van der Waals surface area contributed by atoms with E-state index in [0.29, 0.717) is 12.2 Å². The second kappa shape index (κ2) is 2.28. The fourth-order valence-corrected chi connectivity index (χ4v) is 0.890. The highest BCUT2D eigenvalue weighted by Crippen LogP contribution is 2.04. The third-order valence-electron chi connectivity index (χ3n) is 1.45. The second-order valence-electron chi connectivity index (χ2n) is 2.17. The number of pyridine rings is 1. The van der Waals surface area contributed by atoms with Crippen LogP contribution in [0, 0.1) is 0 Å². The largest absolute Gasteiger partial charge is 0.325 e. The maximum absolute atomic E-state index is 5.39. The summed E-state index contributed by atoms with van der Waals surface area (Å²) in [7, 11) is 0. The fraction of sp³-hybridized carbons (Fsp3) is 0.167. The van der Waals surface area contributed by atoms with Crippen LogP contribution in [0.2, 0.25) is 0 Å². The van der Waals surface area contributed by atoms with Gasteiger partial charge in [0.05, 0.1) is 5.69 Å². The van der Waals surface area contributed by atoms with E-state index < -0.39 is 0 Å². The molecule has 0 spiro atoms. The molecule has 0 radical (unpaired) electrons. The molecule has 0 amide bonds. The lowest BCUT2D eigenvalue weighted by Gasteiger charge is -1.91. The van der Waals surface area contributed by atoms with Crippen LogP contribution in [0.3, 0.4) is 0 Å². The molecule has 2 aromatic rings. The average Bonchev–Trinajstić information content (AvgIpc) is 2.50. The number of nitrogens with one attached hydrogen (secondary N) is 1. The van der Waals surface area contributed by atoms with Gasteiger partial charge in [-0.3, -0.25) is 0 Å². The van der Waals surface area contributed by atoms with Crippen LogP contribution in [0.25, 0.3) is 11.2 Å². The first kappa shape index (κ1) is 6.23. The number of nitrogens with two attached hydrogens (primary N) is 1. The molecule has 11 heavy (non-hydrogen) atoms. The van der Waals surface area contributed by atoms with E-state index in [-0.39, 0.29) is 0 Å². The van der Waals surface area contributed by atoms with Crippen LogP contribution in [0.1, 0.15) is 5.69 Å². The summed E-state index contributed by atoms with van der Waals surface area (Å²) in [5.41, 5.74) is 7.60. The number of hydrogen-bond acceptors (Lipinski definition) is 4. The minimum atomic E-state index is 0.433. The summed E-state index contributed by atoms with van der Waals surface area (Å²) in [6.07, 6.45) is 0. The van der Waals surface area contributed by atoms with E-state index >= 15 is 0 Å². The van der Waals surface area contributed by atoms with E-state index in [1.807, 2.05) is 12.1 Å². The molecule has 0 aliphatic heterocycles. The molecule has 0 bridgehead atoms. The Morgan fingerprint density at radius 1 is 1.36 bits per heavy atom. The lowest BCUT2D eigenvalue weighted by Crippen LogP contribution is -1.98. The van der Waals surface area contributed by atoms with Gasteiger partial charge in [-0.15, -0.1) is 5.10 Å². The molecule has 0 saturated heterocycles. The van der Waals surface area contributed by atoms with E-state index in [2.05, 4.69) is 20.4 Å². The van der Waals surface area contributed by atoms with Gasteiger partial charge in [-0.05, 0) is 12.1 Å². The highest BCUT2D eigenvalue weighted by molar-refractivity contribution is 5.68. The van der Waals surface area contributed by atoms with Crippen molar-refractivity contribution in [1.29, 1.82) is 0 Å². The van der Waals surface area contributed by atoms with Crippen LogP contribution in [0.15, 0.2) is 12.1 Å². The first-order valence-corrected chi connectivity index (χ1v) is 3.26. The predicted molar refractivity (Wildman–Crippen MR) is 39.6 cm³/mol. The molecule has 0 aromatic carbocycles. The van der Waals surface area contributed by atoms with Crippen LogP contribution in [0.5, 0.6) is 0 Å². The number of H-pyrrole nitrogens is 1. The average molecular weight is 149 g/mol. The molecule has 56 valence electrons. The Bertz CT molecular complexity index is 366. The van der Waals surface area contributed by atoms with Crippen molar-refractivity contribution >= 4 is 11.2 Å². The van der Waals surface area contributed by atoms with Gasteiger partial charge in [0.1, 0.15) is 5.52 Å². The molecule has 0 aliphatic rings. The van der Waals surface area contributed by atoms with Crippen molar-refractivity contribution in [2.24, 2.45) is 5.73 Å². The molecular formula is C6H7N5. The van der Waals surface area contributed by atoms with E-state index in [9.17, 15) is 0 Å². The molecule has 5 heteroatoms. The van der Waals surface area contributed by atoms with Crippen LogP contribution in [-0.4, -0.2) is 20.4 Å². The number of fused-ring (bicyclic) bond motifs is 1. The smallest absolute Gasteiger partial charge is 0.201 e. The first-order valence-electron chi connectivity index (χ1n) is 3.26. The van der Waals surface area contributed by atoms with Crippen molar-refractivity contribution < 1.29 is 0 Å². The minimum Gasteiger partial charge on any atom is -0.325 e. The number of hydrogen-bond donors (Lipinski definition) is 2. The van der Waals surface area contributed by atoms with Gasteiger partial charge in [0, 0.05) is 6.54 Å². The van der Waals surface area contributed by atoms with Gasteiger partial charge in [-0.25, -0.2) is 4.98 Å². The third kappa shape index (κ3) is 0.947. The Morgan fingerprint density at radius 2 is 2.27 bits per heavy atom. The van der Waals surface area contributed by atoms with Gasteiger partial charge in [-0.2, -0.15) is 10.3 Å². The van der Waals surface area contributed by atoms with Crippen molar-refractivity contribution in [3.05, 3.63) is 17.8 Å².